The minimum Gasteiger partial charge on any atom is -0.360 e. The Morgan fingerprint density at radius 3 is 2.86 bits per heavy atom. The Balaban J connectivity index is 2.53. The van der Waals surface area contributed by atoms with Crippen LogP contribution in [0.5, 0.6) is 0 Å². The number of nitriles is 1. The van der Waals surface area contributed by atoms with Gasteiger partial charge in [0, 0.05) is 7.05 Å². The van der Waals surface area contributed by atoms with Gasteiger partial charge in [-0.15, -0.1) is 0 Å². The van der Waals surface area contributed by atoms with Gasteiger partial charge in [-0.1, -0.05) is 0 Å². The Labute approximate surface area is 81.0 Å². The maximum absolute atomic E-state index is 10.8. The molecule has 0 spiro atoms. The van der Waals surface area contributed by atoms with Crippen LogP contribution >= 0.6 is 0 Å². The summed E-state index contributed by atoms with van der Waals surface area (Å²) in [6.07, 6.45) is 2.74. The quantitative estimate of drug-likeness (QED) is 0.672. The zero-order valence-electron chi connectivity index (χ0n) is 7.61. The summed E-state index contributed by atoms with van der Waals surface area (Å²) in [6.45, 7) is 0.136. The van der Waals surface area contributed by atoms with E-state index in [4.69, 9.17) is 5.26 Å². The van der Waals surface area contributed by atoms with E-state index in [1.165, 1.54) is 12.4 Å². The molecule has 2 N–H and O–H groups in total. The molecular formula is C8H9N5O. The van der Waals surface area contributed by atoms with E-state index in [9.17, 15) is 4.79 Å². The molecule has 0 atom stereocenters. The van der Waals surface area contributed by atoms with Gasteiger partial charge in [0.1, 0.15) is 11.9 Å². The average Bonchev–Trinajstić information content (AvgIpc) is 2.26. The third-order valence-corrected chi connectivity index (χ3v) is 1.48. The van der Waals surface area contributed by atoms with E-state index in [0.717, 1.165) is 0 Å². The van der Waals surface area contributed by atoms with E-state index >= 15 is 0 Å². The minimum atomic E-state index is -0.142. The Bertz CT molecular complexity index is 353. The molecule has 1 aromatic rings. The lowest BCUT2D eigenvalue weighted by Crippen LogP contribution is -2.26. The molecule has 0 radical (unpaired) electrons. The number of amides is 1. The topological polar surface area (TPSA) is 90.7 Å². The highest BCUT2D eigenvalue weighted by Crippen LogP contribution is 1.98. The summed E-state index contributed by atoms with van der Waals surface area (Å²) < 4.78 is 0. The molecule has 0 fully saturated rings. The molecule has 6 nitrogen and oxygen atoms in total. The van der Waals surface area contributed by atoms with Gasteiger partial charge in [-0.25, -0.2) is 9.97 Å². The van der Waals surface area contributed by atoms with Crippen molar-refractivity contribution in [2.75, 3.05) is 18.9 Å². The summed E-state index contributed by atoms with van der Waals surface area (Å²) in [5.74, 6) is 0.323. The SMILES string of the molecule is CNC(=O)CNc1cnc(C#N)cn1. The van der Waals surface area contributed by atoms with Gasteiger partial charge in [0.2, 0.25) is 5.91 Å². The molecule has 0 aliphatic rings. The van der Waals surface area contributed by atoms with Crippen molar-refractivity contribution >= 4 is 11.7 Å². The summed E-state index contributed by atoms with van der Waals surface area (Å²) in [4.78, 5) is 18.5. The van der Waals surface area contributed by atoms with Crippen LogP contribution < -0.4 is 10.6 Å². The number of carbonyl (C=O) groups excluding carboxylic acids is 1. The molecule has 6 heteroatoms. The smallest absolute Gasteiger partial charge is 0.239 e. The molecule has 0 saturated carbocycles. The summed E-state index contributed by atoms with van der Waals surface area (Å²) in [7, 11) is 1.55. The Hall–Kier alpha value is -2.16. The zero-order valence-corrected chi connectivity index (χ0v) is 7.61. The largest absolute Gasteiger partial charge is 0.360 e. The fourth-order valence-corrected chi connectivity index (χ4v) is 0.736. The number of hydrogen-bond donors (Lipinski definition) is 2. The van der Waals surface area contributed by atoms with Crippen LogP contribution in [0, 0.1) is 11.3 Å². The first-order valence-electron chi connectivity index (χ1n) is 3.93. The van der Waals surface area contributed by atoms with Gasteiger partial charge >= 0.3 is 0 Å². The van der Waals surface area contributed by atoms with E-state index in [-0.39, 0.29) is 18.1 Å². The summed E-state index contributed by atoms with van der Waals surface area (Å²) in [6, 6.07) is 1.85. The molecule has 0 aliphatic carbocycles. The van der Waals surface area contributed by atoms with Gasteiger partial charge in [-0.3, -0.25) is 4.79 Å². The van der Waals surface area contributed by atoms with Crippen molar-refractivity contribution in [3.05, 3.63) is 18.1 Å². The van der Waals surface area contributed by atoms with Crippen molar-refractivity contribution < 1.29 is 4.79 Å². The average molecular weight is 191 g/mol. The second-order valence-electron chi connectivity index (χ2n) is 2.43. The first-order chi connectivity index (χ1) is 6.76. The summed E-state index contributed by atoms with van der Waals surface area (Å²) >= 11 is 0. The highest BCUT2D eigenvalue weighted by Gasteiger charge is 1.99. The van der Waals surface area contributed by atoms with Crippen molar-refractivity contribution in [2.45, 2.75) is 0 Å². The van der Waals surface area contributed by atoms with Gasteiger partial charge in [0.05, 0.1) is 18.9 Å². The van der Waals surface area contributed by atoms with Crippen LogP contribution in [-0.4, -0.2) is 29.5 Å². The number of likely N-dealkylation sites (N-methyl/N-ethyl adjacent to an activating group) is 1. The second kappa shape index (κ2) is 4.77. The number of nitrogens with zero attached hydrogens (tertiary/aromatic N) is 3. The molecule has 1 amide bonds. The van der Waals surface area contributed by atoms with E-state index in [1.54, 1.807) is 7.05 Å². The van der Waals surface area contributed by atoms with Crippen LogP contribution in [0.2, 0.25) is 0 Å². The van der Waals surface area contributed by atoms with Crippen LogP contribution in [0.4, 0.5) is 5.82 Å². The van der Waals surface area contributed by atoms with Crippen LogP contribution in [-0.2, 0) is 4.79 Å². The number of anilines is 1. The van der Waals surface area contributed by atoms with E-state index < -0.39 is 0 Å². The zero-order chi connectivity index (χ0) is 10.4. The van der Waals surface area contributed by atoms with Crippen molar-refractivity contribution in [1.29, 1.82) is 5.26 Å². The van der Waals surface area contributed by atoms with Crippen LogP contribution in [0.1, 0.15) is 5.69 Å². The van der Waals surface area contributed by atoms with Crippen molar-refractivity contribution in [3.63, 3.8) is 0 Å². The van der Waals surface area contributed by atoms with Gasteiger partial charge in [-0.2, -0.15) is 5.26 Å². The first kappa shape index (κ1) is 9.92. The predicted molar refractivity (Wildman–Crippen MR) is 49.3 cm³/mol. The minimum absolute atomic E-state index is 0.136. The molecule has 72 valence electrons. The van der Waals surface area contributed by atoms with E-state index in [0.29, 0.717) is 5.82 Å². The highest BCUT2D eigenvalue weighted by molar-refractivity contribution is 5.79. The van der Waals surface area contributed by atoms with Crippen LogP contribution in [0.3, 0.4) is 0 Å². The third kappa shape index (κ3) is 2.71. The predicted octanol–water partition coefficient (Wildman–Crippen LogP) is -0.494. The number of nitrogens with one attached hydrogen (secondary N) is 2. The van der Waals surface area contributed by atoms with Gasteiger partial charge < -0.3 is 10.6 Å². The first-order valence-corrected chi connectivity index (χ1v) is 3.93. The molecule has 0 bridgehead atoms. The molecule has 1 heterocycles. The van der Waals surface area contributed by atoms with E-state index in [2.05, 4.69) is 20.6 Å². The maximum Gasteiger partial charge on any atom is 0.239 e. The summed E-state index contributed by atoms with van der Waals surface area (Å²) in [5.41, 5.74) is 0.246. The Morgan fingerprint density at radius 2 is 2.36 bits per heavy atom. The molecule has 0 aliphatic heterocycles. The fourth-order valence-electron chi connectivity index (χ4n) is 0.736. The van der Waals surface area contributed by atoms with Crippen molar-refractivity contribution in [3.8, 4) is 6.07 Å². The van der Waals surface area contributed by atoms with Gasteiger partial charge in [0.15, 0.2) is 5.69 Å². The lowest BCUT2D eigenvalue weighted by molar-refractivity contribution is -0.118. The van der Waals surface area contributed by atoms with Crippen LogP contribution in [0.15, 0.2) is 12.4 Å². The lowest BCUT2D eigenvalue weighted by atomic mass is 10.5. The Morgan fingerprint density at radius 1 is 1.57 bits per heavy atom. The number of carbonyl (C=O) groups is 1. The van der Waals surface area contributed by atoms with Crippen molar-refractivity contribution in [2.24, 2.45) is 0 Å². The molecule has 0 saturated heterocycles. The lowest BCUT2D eigenvalue weighted by Gasteiger charge is -2.02. The van der Waals surface area contributed by atoms with Crippen molar-refractivity contribution in [1.82, 2.24) is 15.3 Å². The second-order valence-corrected chi connectivity index (χ2v) is 2.43. The standard InChI is InChI=1S/C8H9N5O/c1-10-8(14)5-13-7-4-11-6(2-9)3-12-7/h3-4H,5H2,1H3,(H,10,14)(H,12,13). The third-order valence-electron chi connectivity index (χ3n) is 1.48. The normalized spacial score (nSPS) is 8.86. The highest BCUT2D eigenvalue weighted by atomic mass is 16.1. The molecule has 0 unspecified atom stereocenters. The fraction of sp³-hybridized carbons (Fsp3) is 0.250. The maximum atomic E-state index is 10.8. The van der Waals surface area contributed by atoms with Crippen LogP contribution in [0.25, 0.3) is 0 Å². The molecular weight excluding hydrogens is 182 g/mol. The Kier molecular flexibility index (Phi) is 3.38. The van der Waals surface area contributed by atoms with Gasteiger partial charge in [0.25, 0.3) is 0 Å². The molecule has 14 heavy (non-hydrogen) atoms. The number of aromatic nitrogens is 2. The molecule has 1 rings (SSSR count). The number of rotatable bonds is 3. The van der Waals surface area contributed by atoms with Gasteiger partial charge in [-0.05, 0) is 0 Å². The van der Waals surface area contributed by atoms with E-state index in [1.807, 2.05) is 6.07 Å². The molecule has 1 aromatic heterocycles. The number of hydrogen-bond acceptors (Lipinski definition) is 5. The monoisotopic (exact) mass is 191 g/mol. The summed E-state index contributed by atoms with van der Waals surface area (Å²) in [5, 5.41) is 13.7. The molecule has 0 aromatic carbocycles.